The number of ether oxygens (including phenoxy) is 2. The summed E-state index contributed by atoms with van der Waals surface area (Å²) >= 11 is 0. The molecule has 9 atom stereocenters. The van der Waals surface area contributed by atoms with Crippen LogP contribution in [0.4, 0.5) is 0 Å². The fraction of sp³-hybridized carbons (Fsp3) is 1.00. The molecule has 1 rings (SSSR count). The second kappa shape index (κ2) is 9.69. The molecule has 0 radical (unpaired) electrons. The highest BCUT2D eigenvalue weighted by atomic mass is 16.7. The summed E-state index contributed by atoms with van der Waals surface area (Å²) in [4.78, 5) is 0. The Balaban J connectivity index is 2.93. The van der Waals surface area contributed by atoms with E-state index in [0.717, 1.165) is 0 Å². The summed E-state index contributed by atoms with van der Waals surface area (Å²) in [6, 6.07) is 0. The van der Waals surface area contributed by atoms with Crippen LogP contribution in [-0.2, 0) is 9.47 Å². The molecule has 0 aromatic heterocycles. The summed E-state index contributed by atoms with van der Waals surface area (Å²) < 4.78 is 10.5. The van der Waals surface area contributed by atoms with E-state index in [2.05, 4.69) is 0 Å². The molecule has 1 saturated heterocycles. The second-order valence-corrected chi connectivity index (χ2v) is 7.87. The molecule has 10 nitrogen and oxygen atoms in total. The van der Waals surface area contributed by atoms with Gasteiger partial charge in [0.25, 0.3) is 0 Å². The predicted octanol–water partition coefficient (Wildman–Crippen LogP) is -3.32. The van der Waals surface area contributed by atoms with Crippen LogP contribution < -0.4 is 0 Å². The van der Waals surface area contributed by atoms with Gasteiger partial charge in [-0.05, 0) is 11.8 Å². The number of hydrogen-bond donors (Lipinski definition) is 8. The third-order valence-corrected chi connectivity index (χ3v) is 4.26. The zero-order valence-electron chi connectivity index (χ0n) is 15.2. The lowest BCUT2D eigenvalue weighted by Crippen LogP contribution is -2.61. The Morgan fingerprint density at radius 1 is 0.923 bits per heavy atom. The minimum atomic E-state index is -1.74. The molecule has 0 aromatic rings. The zero-order chi connectivity index (χ0) is 20.2. The predicted molar refractivity (Wildman–Crippen MR) is 87.8 cm³/mol. The first-order valence-electron chi connectivity index (χ1n) is 8.54. The first-order valence-corrected chi connectivity index (χ1v) is 8.54. The van der Waals surface area contributed by atoms with Gasteiger partial charge in [-0.2, -0.15) is 0 Å². The Bertz CT molecular complexity index is 412. The lowest BCUT2D eigenvalue weighted by Gasteiger charge is -2.42. The van der Waals surface area contributed by atoms with E-state index in [1.165, 1.54) is 0 Å². The molecule has 156 valence electrons. The molecule has 1 fully saturated rings. The van der Waals surface area contributed by atoms with Crippen LogP contribution in [0, 0.1) is 5.41 Å². The summed E-state index contributed by atoms with van der Waals surface area (Å²) in [7, 11) is 0. The normalized spacial score (nSPS) is 35.0. The second-order valence-electron chi connectivity index (χ2n) is 7.87. The van der Waals surface area contributed by atoms with E-state index in [1.807, 2.05) is 20.8 Å². The average Bonchev–Trinajstić information content (AvgIpc) is 2.56. The smallest absolute Gasteiger partial charge is 0.187 e. The van der Waals surface area contributed by atoms with E-state index in [-0.39, 0.29) is 11.8 Å². The number of rotatable bonds is 8. The summed E-state index contributed by atoms with van der Waals surface area (Å²) in [6.45, 7) is 4.02. The van der Waals surface area contributed by atoms with E-state index in [4.69, 9.17) is 9.47 Å². The summed E-state index contributed by atoms with van der Waals surface area (Å²) in [5.41, 5.74) is -0.349. The van der Waals surface area contributed by atoms with Gasteiger partial charge in [0.2, 0.25) is 0 Å². The molecule has 0 bridgehead atoms. The molecule has 1 heterocycles. The Morgan fingerprint density at radius 2 is 1.50 bits per heavy atom. The first kappa shape index (κ1) is 23.6. The third kappa shape index (κ3) is 6.06. The highest BCUT2D eigenvalue weighted by Crippen LogP contribution is 2.27. The van der Waals surface area contributed by atoms with Crippen molar-refractivity contribution < 1.29 is 50.3 Å². The minimum absolute atomic E-state index is 0.154. The monoisotopic (exact) mass is 384 g/mol. The quantitative estimate of drug-likeness (QED) is 0.211. The van der Waals surface area contributed by atoms with Gasteiger partial charge in [0.15, 0.2) is 6.29 Å². The number of aliphatic hydroxyl groups is 8. The van der Waals surface area contributed by atoms with Crippen molar-refractivity contribution in [3.05, 3.63) is 0 Å². The van der Waals surface area contributed by atoms with Crippen molar-refractivity contribution in [3.63, 3.8) is 0 Å². The van der Waals surface area contributed by atoms with Crippen molar-refractivity contribution in [1.29, 1.82) is 0 Å². The molecule has 1 aliphatic heterocycles. The molecule has 0 spiro atoms. The van der Waals surface area contributed by atoms with Gasteiger partial charge in [-0.1, -0.05) is 20.8 Å². The molecule has 26 heavy (non-hydrogen) atoms. The van der Waals surface area contributed by atoms with E-state index in [9.17, 15) is 40.9 Å². The largest absolute Gasteiger partial charge is 0.394 e. The van der Waals surface area contributed by atoms with Gasteiger partial charge in [0.05, 0.1) is 19.3 Å². The third-order valence-electron chi connectivity index (χ3n) is 4.26. The first-order chi connectivity index (χ1) is 11.9. The van der Waals surface area contributed by atoms with E-state index >= 15 is 0 Å². The van der Waals surface area contributed by atoms with Crippen molar-refractivity contribution in [3.8, 4) is 0 Å². The van der Waals surface area contributed by atoms with Crippen LogP contribution in [0.5, 0.6) is 0 Å². The van der Waals surface area contributed by atoms with Crippen molar-refractivity contribution in [2.75, 3.05) is 13.2 Å². The summed E-state index contributed by atoms with van der Waals surface area (Å²) in [5.74, 6) is 0. The zero-order valence-corrected chi connectivity index (χ0v) is 15.2. The Morgan fingerprint density at radius 3 is 1.96 bits per heavy atom. The average molecular weight is 384 g/mol. The molecule has 0 saturated carbocycles. The summed E-state index contributed by atoms with van der Waals surface area (Å²) in [6.07, 6.45) is -13.9. The van der Waals surface area contributed by atoms with Crippen LogP contribution in [0.2, 0.25) is 0 Å². The van der Waals surface area contributed by atoms with Gasteiger partial charge >= 0.3 is 0 Å². The SMILES string of the molecule is CC(C)(C)CC(O)C(O)C(O[C@@H]1OC(CO)[C@H](O)C(O)[C@@H]1O)C(O)CO. The van der Waals surface area contributed by atoms with Crippen LogP contribution in [0.3, 0.4) is 0 Å². The standard InChI is InChI=1S/C16H32O10/c1-16(2,3)4-7(19)10(21)14(8(20)5-17)26-15-13(24)12(23)11(22)9(6-18)25-15/h7-15,17-24H,4-6H2,1-3H3/t7?,8?,9?,10?,11-,12?,13-,14?,15-/m0/s1. The number of aliphatic hydroxyl groups excluding tert-OH is 8. The molecule has 8 N–H and O–H groups in total. The maximum Gasteiger partial charge on any atom is 0.187 e. The Hall–Kier alpha value is -0.400. The van der Waals surface area contributed by atoms with Crippen LogP contribution in [-0.4, -0.2) is 109 Å². The molecular formula is C16H32O10. The molecule has 0 amide bonds. The molecule has 1 aliphatic rings. The van der Waals surface area contributed by atoms with Gasteiger partial charge in [-0.25, -0.2) is 0 Å². The summed E-state index contributed by atoms with van der Waals surface area (Å²) in [5, 5.41) is 78.4. The molecule has 6 unspecified atom stereocenters. The maximum atomic E-state index is 10.4. The van der Waals surface area contributed by atoms with Crippen LogP contribution in [0.1, 0.15) is 27.2 Å². The van der Waals surface area contributed by atoms with Gasteiger partial charge in [0, 0.05) is 0 Å². The lowest BCUT2D eigenvalue weighted by atomic mass is 9.86. The van der Waals surface area contributed by atoms with E-state index in [0.29, 0.717) is 0 Å². The van der Waals surface area contributed by atoms with Crippen molar-refractivity contribution in [1.82, 2.24) is 0 Å². The van der Waals surface area contributed by atoms with Gasteiger partial charge in [-0.3, -0.25) is 0 Å². The topological polar surface area (TPSA) is 180 Å². The van der Waals surface area contributed by atoms with Gasteiger partial charge < -0.3 is 50.3 Å². The molecule has 0 aliphatic carbocycles. The lowest BCUT2D eigenvalue weighted by molar-refractivity contribution is -0.327. The molecule has 10 heteroatoms. The minimum Gasteiger partial charge on any atom is -0.394 e. The highest BCUT2D eigenvalue weighted by Gasteiger charge is 2.46. The maximum absolute atomic E-state index is 10.4. The van der Waals surface area contributed by atoms with Gasteiger partial charge in [0.1, 0.15) is 42.7 Å². The molecule has 0 aromatic carbocycles. The van der Waals surface area contributed by atoms with Crippen molar-refractivity contribution in [2.45, 2.75) is 82.3 Å². The van der Waals surface area contributed by atoms with Gasteiger partial charge in [-0.15, -0.1) is 0 Å². The van der Waals surface area contributed by atoms with Crippen LogP contribution >= 0.6 is 0 Å². The highest BCUT2D eigenvalue weighted by molar-refractivity contribution is 4.91. The fourth-order valence-corrected chi connectivity index (χ4v) is 2.80. The fourth-order valence-electron chi connectivity index (χ4n) is 2.80. The Kier molecular flexibility index (Phi) is 8.81. The van der Waals surface area contributed by atoms with Crippen molar-refractivity contribution in [2.24, 2.45) is 5.41 Å². The van der Waals surface area contributed by atoms with Crippen LogP contribution in [0.15, 0.2) is 0 Å². The van der Waals surface area contributed by atoms with E-state index < -0.39 is 68.3 Å². The van der Waals surface area contributed by atoms with Crippen LogP contribution in [0.25, 0.3) is 0 Å². The van der Waals surface area contributed by atoms with E-state index in [1.54, 1.807) is 0 Å². The Labute approximate surface area is 152 Å². The van der Waals surface area contributed by atoms with Crippen molar-refractivity contribution >= 4 is 0 Å². The number of hydrogen-bond acceptors (Lipinski definition) is 10. The molecular weight excluding hydrogens is 352 g/mol.